The Bertz CT molecular complexity index is 561. The van der Waals surface area contributed by atoms with Gasteiger partial charge in [-0.25, -0.2) is 0 Å². The van der Waals surface area contributed by atoms with E-state index in [1.165, 1.54) is 22.5 Å². The van der Waals surface area contributed by atoms with Gasteiger partial charge >= 0.3 is 0 Å². The molecule has 0 atom stereocenters. The van der Waals surface area contributed by atoms with Crippen LogP contribution in [0.2, 0.25) is 0 Å². The molecule has 96 valence electrons. The molecule has 0 N–H and O–H groups in total. The van der Waals surface area contributed by atoms with Crippen molar-refractivity contribution >= 4 is 23.5 Å². The van der Waals surface area contributed by atoms with Gasteiger partial charge in [0.2, 0.25) is 0 Å². The van der Waals surface area contributed by atoms with Gasteiger partial charge in [-0.05, 0) is 29.2 Å². The van der Waals surface area contributed by atoms with Gasteiger partial charge in [-0.2, -0.15) is 0 Å². The fraction of sp³-hybridized carbons (Fsp3) is 0.222. The monoisotopic (exact) mass is 249 g/mol. The fourth-order valence-electron chi connectivity index (χ4n) is 2.62. The summed E-state index contributed by atoms with van der Waals surface area (Å²) in [5.74, 6) is 0.624. The number of anilines is 2. The average molecular weight is 249 g/mol. The first-order valence-electron chi connectivity index (χ1n) is 6.89. The van der Waals surface area contributed by atoms with Gasteiger partial charge in [0.15, 0.2) is 0 Å². The summed E-state index contributed by atoms with van der Waals surface area (Å²) >= 11 is 0. The maximum absolute atomic E-state index is 2.44. The predicted octanol–water partition coefficient (Wildman–Crippen LogP) is 4.96. The lowest BCUT2D eigenvalue weighted by Crippen LogP contribution is -2.23. The molecule has 0 saturated heterocycles. The molecule has 0 fully saturated rings. The molecule has 1 aliphatic heterocycles. The maximum Gasteiger partial charge on any atom is 0.0484 e. The third kappa shape index (κ3) is 2.28. The van der Waals surface area contributed by atoms with E-state index >= 15 is 0 Å². The summed E-state index contributed by atoms with van der Waals surface area (Å²) < 4.78 is 0. The normalized spacial score (nSPS) is 13.1. The van der Waals surface area contributed by atoms with Crippen LogP contribution in [0.15, 0.2) is 48.5 Å². The molecule has 0 aromatic heterocycles. The average Bonchev–Trinajstić information content (AvgIpc) is 2.57. The minimum Gasteiger partial charge on any atom is -0.340 e. The van der Waals surface area contributed by atoms with Crippen molar-refractivity contribution in [2.75, 3.05) is 11.4 Å². The van der Waals surface area contributed by atoms with Gasteiger partial charge in [-0.1, -0.05) is 62.4 Å². The van der Waals surface area contributed by atoms with Gasteiger partial charge in [-0.15, -0.1) is 0 Å². The first kappa shape index (κ1) is 12.0. The van der Waals surface area contributed by atoms with E-state index in [4.69, 9.17) is 0 Å². The number of benzene rings is 2. The predicted molar refractivity (Wildman–Crippen MR) is 83.7 cm³/mol. The quantitative estimate of drug-likeness (QED) is 0.726. The lowest BCUT2D eigenvalue weighted by atomic mass is 10.1. The summed E-state index contributed by atoms with van der Waals surface area (Å²) in [7, 11) is 0. The van der Waals surface area contributed by atoms with E-state index in [9.17, 15) is 0 Å². The van der Waals surface area contributed by atoms with Crippen LogP contribution in [0.4, 0.5) is 11.4 Å². The van der Waals surface area contributed by atoms with Crippen molar-refractivity contribution in [1.29, 1.82) is 0 Å². The number of nitrogens with zero attached hydrogens (tertiary/aromatic N) is 1. The van der Waals surface area contributed by atoms with Crippen LogP contribution in [0.25, 0.3) is 12.2 Å². The molecular weight excluding hydrogens is 230 g/mol. The molecule has 0 bridgehead atoms. The van der Waals surface area contributed by atoms with Gasteiger partial charge in [0, 0.05) is 17.9 Å². The Morgan fingerprint density at radius 1 is 0.789 bits per heavy atom. The highest BCUT2D eigenvalue weighted by Gasteiger charge is 2.17. The third-order valence-corrected chi connectivity index (χ3v) is 3.45. The molecule has 2 aromatic rings. The van der Waals surface area contributed by atoms with E-state index in [2.05, 4.69) is 79.4 Å². The zero-order valence-corrected chi connectivity index (χ0v) is 11.5. The smallest absolute Gasteiger partial charge is 0.0484 e. The zero-order chi connectivity index (χ0) is 13.2. The minimum atomic E-state index is 0.624. The summed E-state index contributed by atoms with van der Waals surface area (Å²) in [6.45, 7) is 5.57. The van der Waals surface area contributed by atoms with Crippen LogP contribution in [0.1, 0.15) is 25.0 Å². The van der Waals surface area contributed by atoms with Crippen LogP contribution in [-0.4, -0.2) is 6.54 Å². The Balaban J connectivity index is 2.18. The van der Waals surface area contributed by atoms with E-state index in [1.54, 1.807) is 0 Å². The SMILES string of the molecule is CC(C)CN1c2ccccc2C=Cc2ccccc21. The van der Waals surface area contributed by atoms with Gasteiger partial charge < -0.3 is 4.90 Å². The molecule has 1 heterocycles. The van der Waals surface area contributed by atoms with Crippen LogP contribution in [0.5, 0.6) is 0 Å². The second-order valence-corrected chi connectivity index (χ2v) is 5.46. The van der Waals surface area contributed by atoms with Crippen molar-refractivity contribution in [3.63, 3.8) is 0 Å². The Kier molecular flexibility index (Phi) is 3.12. The summed E-state index contributed by atoms with van der Waals surface area (Å²) in [5.41, 5.74) is 5.19. The summed E-state index contributed by atoms with van der Waals surface area (Å²) in [6, 6.07) is 17.2. The molecule has 1 aliphatic rings. The first-order valence-corrected chi connectivity index (χ1v) is 6.89. The highest BCUT2D eigenvalue weighted by atomic mass is 15.1. The van der Waals surface area contributed by atoms with Crippen LogP contribution < -0.4 is 4.90 Å². The molecule has 19 heavy (non-hydrogen) atoms. The second-order valence-electron chi connectivity index (χ2n) is 5.46. The van der Waals surface area contributed by atoms with E-state index in [0.29, 0.717) is 5.92 Å². The molecule has 0 radical (unpaired) electrons. The molecule has 1 heteroatoms. The molecule has 0 unspecified atom stereocenters. The van der Waals surface area contributed by atoms with Crippen molar-refractivity contribution in [2.45, 2.75) is 13.8 Å². The van der Waals surface area contributed by atoms with E-state index < -0.39 is 0 Å². The van der Waals surface area contributed by atoms with E-state index in [1.807, 2.05) is 0 Å². The number of hydrogen-bond acceptors (Lipinski definition) is 1. The molecule has 2 aromatic carbocycles. The van der Waals surface area contributed by atoms with E-state index in [-0.39, 0.29) is 0 Å². The van der Waals surface area contributed by atoms with E-state index in [0.717, 1.165) is 6.54 Å². The fourth-order valence-corrected chi connectivity index (χ4v) is 2.62. The topological polar surface area (TPSA) is 3.24 Å². The minimum absolute atomic E-state index is 0.624. The Morgan fingerprint density at radius 3 is 1.74 bits per heavy atom. The standard InChI is InChI=1S/C18H19N/c1-14(2)13-19-17-9-5-3-7-15(17)11-12-16-8-4-6-10-18(16)19/h3-12,14H,13H2,1-2H3. The first-order chi connectivity index (χ1) is 9.25. The third-order valence-electron chi connectivity index (χ3n) is 3.45. The summed E-state index contributed by atoms with van der Waals surface area (Å²) in [6.07, 6.45) is 4.43. The largest absolute Gasteiger partial charge is 0.340 e. The van der Waals surface area contributed by atoms with Crippen LogP contribution in [0, 0.1) is 5.92 Å². The lowest BCUT2D eigenvalue weighted by Gasteiger charge is -2.28. The Hall–Kier alpha value is -2.02. The van der Waals surface area contributed by atoms with Gasteiger partial charge in [0.25, 0.3) is 0 Å². The maximum atomic E-state index is 2.44. The van der Waals surface area contributed by atoms with Crippen molar-refractivity contribution < 1.29 is 0 Å². The zero-order valence-electron chi connectivity index (χ0n) is 11.5. The van der Waals surface area contributed by atoms with Gasteiger partial charge in [0.05, 0.1) is 0 Å². The molecular formula is C18H19N. The molecule has 1 nitrogen and oxygen atoms in total. The van der Waals surface area contributed by atoms with Crippen LogP contribution >= 0.6 is 0 Å². The van der Waals surface area contributed by atoms with Crippen molar-refractivity contribution in [1.82, 2.24) is 0 Å². The van der Waals surface area contributed by atoms with Crippen LogP contribution in [0.3, 0.4) is 0 Å². The number of fused-ring (bicyclic) bond motifs is 2. The Labute approximate surface area is 115 Å². The number of rotatable bonds is 2. The van der Waals surface area contributed by atoms with Crippen LogP contribution in [-0.2, 0) is 0 Å². The van der Waals surface area contributed by atoms with Crippen molar-refractivity contribution in [3.8, 4) is 0 Å². The van der Waals surface area contributed by atoms with Gasteiger partial charge in [0.1, 0.15) is 0 Å². The molecule has 0 saturated carbocycles. The second kappa shape index (κ2) is 4.93. The lowest BCUT2D eigenvalue weighted by molar-refractivity contribution is 0.651. The van der Waals surface area contributed by atoms with Crippen molar-refractivity contribution in [3.05, 3.63) is 59.7 Å². The highest BCUT2D eigenvalue weighted by Crippen LogP contribution is 2.36. The molecule has 3 rings (SSSR count). The molecule has 0 aliphatic carbocycles. The summed E-state index contributed by atoms with van der Waals surface area (Å²) in [5, 5.41) is 0. The summed E-state index contributed by atoms with van der Waals surface area (Å²) in [4.78, 5) is 2.44. The molecule has 0 amide bonds. The highest BCUT2D eigenvalue weighted by molar-refractivity contribution is 5.88. The molecule has 0 spiro atoms. The number of hydrogen-bond donors (Lipinski definition) is 0. The van der Waals surface area contributed by atoms with Crippen molar-refractivity contribution in [2.24, 2.45) is 5.92 Å². The van der Waals surface area contributed by atoms with Gasteiger partial charge in [-0.3, -0.25) is 0 Å². The Morgan fingerprint density at radius 2 is 1.26 bits per heavy atom. The number of para-hydroxylation sites is 2.